The summed E-state index contributed by atoms with van der Waals surface area (Å²) in [4.78, 5) is 0. The first-order valence-electron chi connectivity index (χ1n) is 8.08. The molecule has 21 heavy (non-hydrogen) atoms. The van der Waals surface area contributed by atoms with Gasteiger partial charge in [0.1, 0.15) is 0 Å². The van der Waals surface area contributed by atoms with Gasteiger partial charge in [0, 0.05) is 12.6 Å². The summed E-state index contributed by atoms with van der Waals surface area (Å²) in [6.45, 7) is 2.37. The molecule has 2 atom stereocenters. The minimum absolute atomic E-state index is 0.279. The third-order valence-corrected chi connectivity index (χ3v) is 4.03. The van der Waals surface area contributed by atoms with Crippen molar-refractivity contribution in [2.45, 2.75) is 43.9 Å². The SMILES string of the molecule is C(=Cc1ccccc1)COCC1CCC(CNC2CC2)O1. The van der Waals surface area contributed by atoms with Gasteiger partial charge in [-0.05, 0) is 31.2 Å². The van der Waals surface area contributed by atoms with E-state index in [1.165, 1.54) is 18.4 Å². The highest BCUT2D eigenvalue weighted by Gasteiger charge is 2.27. The molecule has 1 heterocycles. The molecular formula is C18H25NO2. The van der Waals surface area contributed by atoms with E-state index < -0.39 is 0 Å². The molecule has 114 valence electrons. The van der Waals surface area contributed by atoms with Crippen LogP contribution in [0.5, 0.6) is 0 Å². The molecule has 1 aliphatic carbocycles. The van der Waals surface area contributed by atoms with Gasteiger partial charge in [-0.25, -0.2) is 0 Å². The van der Waals surface area contributed by atoms with E-state index in [0.29, 0.717) is 19.3 Å². The van der Waals surface area contributed by atoms with Gasteiger partial charge in [-0.15, -0.1) is 0 Å². The predicted octanol–water partition coefficient (Wildman–Crippen LogP) is 3.02. The Morgan fingerprint density at radius 2 is 1.90 bits per heavy atom. The molecule has 1 aliphatic heterocycles. The number of nitrogens with one attached hydrogen (secondary N) is 1. The van der Waals surface area contributed by atoms with Crippen molar-refractivity contribution in [2.75, 3.05) is 19.8 Å². The largest absolute Gasteiger partial charge is 0.375 e. The van der Waals surface area contributed by atoms with Gasteiger partial charge in [-0.2, -0.15) is 0 Å². The molecule has 0 aromatic heterocycles. The molecule has 1 saturated heterocycles. The number of rotatable bonds is 8. The molecule has 1 aromatic carbocycles. The lowest BCUT2D eigenvalue weighted by Crippen LogP contribution is -2.29. The number of hydrogen-bond acceptors (Lipinski definition) is 3. The second-order valence-electron chi connectivity index (χ2n) is 5.99. The first kappa shape index (κ1) is 14.8. The van der Waals surface area contributed by atoms with Crippen LogP contribution in [0.25, 0.3) is 6.08 Å². The maximum atomic E-state index is 5.99. The lowest BCUT2D eigenvalue weighted by molar-refractivity contribution is -0.00809. The highest BCUT2D eigenvalue weighted by Crippen LogP contribution is 2.22. The molecule has 2 unspecified atom stereocenters. The summed E-state index contributed by atoms with van der Waals surface area (Å²) < 4.78 is 11.7. The molecule has 3 heteroatoms. The Morgan fingerprint density at radius 3 is 2.71 bits per heavy atom. The summed E-state index contributed by atoms with van der Waals surface area (Å²) in [5.74, 6) is 0. The highest BCUT2D eigenvalue weighted by molar-refractivity contribution is 5.48. The Morgan fingerprint density at radius 1 is 1.10 bits per heavy atom. The van der Waals surface area contributed by atoms with Crippen LogP contribution in [0.3, 0.4) is 0 Å². The Labute approximate surface area is 127 Å². The van der Waals surface area contributed by atoms with Crippen molar-refractivity contribution in [1.29, 1.82) is 0 Å². The maximum absolute atomic E-state index is 5.99. The summed E-state index contributed by atoms with van der Waals surface area (Å²) in [6, 6.07) is 11.1. The topological polar surface area (TPSA) is 30.5 Å². The molecular weight excluding hydrogens is 262 g/mol. The molecule has 0 radical (unpaired) electrons. The maximum Gasteiger partial charge on any atom is 0.0814 e. The minimum atomic E-state index is 0.279. The second-order valence-corrected chi connectivity index (χ2v) is 5.99. The van der Waals surface area contributed by atoms with Crippen LogP contribution in [0.4, 0.5) is 0 Å². The summed E-state index contributed by atoms with van der Waals surface area (Å²) >= 11 is 0. The number of hydrogen-bond donors (Lipinski definition) is 1. The number of ether oxygens (including phenoxy) is 2. The molecule has 1 saturated carbocycles. The van der Waals surface area contributed by atoms with Crippen molar-refractivity contribution in [3.05, 3.63) is 42.0 Å². The van der Waals surface area contributed by atoms with Crippen LogP contribution in [0.2, 0.25) is 0 Å². The van der Waals surface area contributed by atoms with E-state index in [0.717, 1.165) is 25.4 Å². The average molecular weight is 287 g/mol. The molecule has 2 fully saturated rings. The molecule has 0 spiro atoms. The van der Waals surface area contributed by atoms with E-state index in [1.54, 1.807) is 0 Å². The predicted molar refractivity (Wildman–Crippen MR) is 85.2 cm³/mol. The normalized spacial score (nSPS) is 25.7. The van der Waals surface area contributed by atoms with E-state index in [9.17, 15) is 0 Å². The van der Waals surface area contributed by atoms with Crippen molar-refractivity contribution in [3.8, 4) is 0 Å². The Hall–Kier alpha value is -1.16. The summed E-state index contributed by atoms with van der Waals surface area (Å²) in [7, 11) is 0. The van der Waals surface area contributed by atoms with E-state index in [2.05, 4.69) is 29.6 Å². The third-order valence-electron chi connectivity index (χ3n) is 4.03. The molecule has 1 N–H and O–H groups in total. The fourth-order valence-corrected chi connectivity index (χ4v) is 2.65. The summed E-state index contributed by atoms with van der Waals surface area (Å²) in [5.41, 5.74) is 1.21. The lowest BCUT2D eigenvalue weighted by atomic mass is 10.2. The fourth-order valence-electron chi connectivity index (χ4n) is 2.65. The zero-order chi connectivity index (χ0) is 14.3. The Balaban J connectivity index is 1.26. The summed E-state index contributed by atoms with van der Waals surface area (Å²) in [5, 5.41) is 3.54. The smallest absolute Gasteiger partial charge is 0.0814 e. The first-order valence-corrected chi connectivity index (χ1v) is 8.08. The van der Waals surface area contributed by atoms with Gasteiger partial charge in [0.15, 0.2) is 0 Å². The van der Waals surface area contributed by atoms with Crippen molar-refractivity contribution in [2.24, 2.45) is 0 Å². The van der Waals surface area contributed by atoms with Crippen LogP contribution in [0, 0.1) is 0 Å². The molecule has 1 aromatic rings. The first-order chi connectivity index (χ1) is 10.4. The molecule has 2 aliphatic rings. The van der Waals surface area contributed by atoms with Gasteiger partial charge in [0.2, 0.25) is 0 Å². The second kappa shape index (κ2) is 7.74. The van der Waals surface area contributed by atoms with Gasteiger partial charge < -0.3 is 14.8 Å². The molecule has 3 rings (SSSR count). The van der Waals surface area contributed by atoms with Crippen LogP contribution in [0.1, 0.15) is 31.2 Å². The zero-order valence-corrected chi connectivity index (χ0v) is 12.5. The third kappa shape index (κ3) is 5.27. The van der Waals surface area contributed by atoms with Crippen LogP contribution in [-0.2, 0) is 9.47 Å². The van der Waals surface area contributed by atoms with Crippen molar-refractivity contribution in [1.82, 2.24) is 5.32 Å². The lowest BCUT2D eigenvalue weighted by Gasteiger charge is -2.14. The average Bonchev–Trinajstić information content (AvgIpc) is 3.25. The van der Waals surface area contributed by atoms with Crippen molar-refractivity contribution in [3.63, 3.8) is 0 Å². The van der Waals surface area contributed by atoms with Gasteiger partial charge >= 0.3 is 0 Å². The molecule has 3 nitrogen and oxygen atoms in total. The van der Waals surface area contributed by atoms with Gasteiger partial charge in [0.25, 0.3) is 0 Å². The van der Waals surface area contributed by atoms with E-state index in [-0.39, 0.29) is 6.10 Å². The van der Waals surface area contributed by atoms with Crippen LogP contribution in [-0.4, -0.2) is 38.0 Å². The molecule has 0 bridgehead atoms. The van der Waals surface area contributed by atoms with Crippen LogP contribution in [0.15, 0.2) is 36.4 Å². The van der Waals surface area contributed by atoms with E-state index in [1.807, 2.05) is 18.2 Å². The Kier molecular flexibility index (Phi) is 5.44. The van der Waals surface area contributed by atoms with Gasteiger partial charge in [0.05, 0.1) is 25.4 Å². The van der Waals surface area contributed by atoms with E-state index >= 15 is 0 Å². The summed E-state index contributed by atoms with van der Waals surface area (Å²) in [6.07, 6.45) is 9.79. The zero-order valence-electron chi connectivity index (χ0n) is 12.5. The highest BCUT2D eigenvalue weighted by atomic mass is 16.5. The minimum Gasteiger partial charge on any atom is -0.375 e. The Bertz CT molecular complexity index is 442. The van der Waals surface area contributed by atoms with Crippen molar-refractivity contribution >= 4 is 6.08 Å². The van der Waals surface area contributed by atoms with Crippen LogP contribution < -0.4 is 5.32 Å². The fraction of sp³-hybridized carbons (Fsp3) is 0.556. The monoisotopic (exact) mass is 287 g/mol. The number of benzene rings is 1. The van der Waals surface area contributed by atoms with Crippen LogP contribution >= 0.6 is 0 Å². The quantitative estimate of drug-likeness (QED) is 0.746. The van der Waals surface area contributed by atoms with Gasteiger partial charge in [-0.3, -0.25) is 0 Å². The molecule has 0 amide bonds. The standard InChI is InChI=1S/C18H25NO2/c1-2-5-15(6-3-1)7-4-12-20-14-18-11-10-17(21-18)13-19-16-8-9-16/h1-7,16-19H,8-14H2. The van der Waals surface area contributed by atoms with Gasteiger partial charge in [-0.1, -0.05) is 42.5 Å². The van der Waals surface area contributed by atoms with E-state index in [4.69, 9.17) is 9.47 Å². The van der Waals surface area contributed by atoms with Crippen molar-refractivity contribution < 1.29 is 9.47 Å².